The number of carbonyl (C=O) groups is 3. The molecule has 0 aliphatic rings. The first-order valence-corrected chi connectivity index (χ1v) is 11.8. The van der Waals surface area contributed by atoms with E-state index in [1.54, 1.807) is 30.9 Å². The summed E-state index contributed by atoms with van der Waals surface area (Å²) in [5.74, 6) is -1.14. The van der Waals surface area contributed by atoms with Gasteiger partial charge in [0, 0.05) is 29.9 Å². The van der Waals surface area contributed by atoms with Crippen molar-refractivity contribution >= 4 is 29.2 Å². The summed E-state index contributed by atoms with van der Waals surface area (Å²) < 4.78 is 0. The second-order valence-corrected chi connectivity index (χ2v) is 8.98. The van der Waals surface area contributed by atoms with E-state index in [0.717, 1.165) is 22.4 Å². The number of ketones is 1. The molecule has 0 heterocycles. The minimum absolute atomic E-state index is 0.0378. The first kappa shape index (κ1) is 25.7. The van der Waals surface area contributed by atoms with Crippen LogP contribution in [0.25, 0.3) is 11.1 Å². The number of carboxylic acid groups (broad SMARTS) is 1. The average Bonchev–Trinajstić information content (AvgIpc) is 2.86. The van der Waals surface area contributed by atoms with Crippen molar-refractivity contribution in [3.8, 4) is 11.1 Å². The molecule has 6 nitrogen and oxygen atoms in total. The van der Waals surface area contributed by atoms with E-state index in [1.165, 1.54) is 0 Å². The van der Waals surface area contributed by atoms with Gasteiger partial charge in [0.15, 0.2) is 5.78 Å². The number of aliphatic carboxylic acids is 1. The summed E-state index contributed by atoms with van der Waals surface area (Å²) in [6.45, 7) is 7.86. The van der Waals surface area contributed by atoms with Crippen LogP contribution in [0.1, 0.15) is 49.5 Å². The summed E-state index contributed by atoms with van der Waals surface area (Å²) in [5, 5.41) is 12.4. The Bertz CT molecular complexity index is 1180. The molecule has 0 saturated heterocycles. The van der Waals surface area contributed by atoms with Gasteiger partial charge in [-0.15, -0.1) is 0 Å². The predicted octanol–water partition coefficient (Wildman–Crippen LogP) is 6.79. The number of urea groups is 1. The largest absolute Gasteiger partial charge is 0.481 e. The molecular formula is C29H32N2O4. The fourth-order valence-electron chi connectivity index (χ4n) is 3.76. The van der Waals surface area contributed by atoms with Gasteiger partial charge >= 0.3 is 12.0 Å². The van der Waals surface area contributed by atoms with E-state index in [4.69, 9.17) is 0 Å². The number of nitrogens with one attached hydrogen (secondary N) is 1. The third kappa shape index (κ3) is 6.15. The van der Waals surface area contributed by atoms with E-state index in [0.29, 0.717) is 24.2 Å². The molecule has 0 spiro atoms. The molecule has 0 aliphatic carbocycles. The van der Waals surface area contributed by atoms with Gasteiger partial charge in [0.1, 0.15) is 0 Å². The van der Waals surface area contributed by atoms with Crippen molar-refractivity contribution in [1.29, 1.82) is 0 Å². The summed E-state index contributed by atoms with van der Waals surface area (Å²) in [5.41, 5.74) is 3.95. The van der Waals surface area contributed by atoms with E-state index >= 15 is 0 Å². The maximum atomic E-state index is 12.8. The minimum Gasteiger partial charge on any atom is -0.481 e. The van der Waals surface area contributed by atoms with Crippen molar-refractivity contribution in [2.24, 2.45) is 5.41 Å². The maximum absolute atomic E-state index is 12.8. The lowest BCUT2D eigenvalue weighted by Gasteiger charge is -2.22. The number of anilines is 2. The van der Waals surface area contributed by atoms with Crippen LogP contribution in [0.2, 0.25) is 0 Å². The van der Waals surface area contributed by atoms with Crippen LogP contribution in [0.15, 0.2) is 72.8 Å². The highest BCUT2D eigenvalue weighted by Crippen LogP contribution is 2.29. The van der Waals surface area contributed by atoms with Crippen LogP contribution in [0, 0.1) is 12.3 Å². The zero-order valence-electron chi connectivity index (χ0n) is 20.7. The topological polar surface area (TPSA) is 86.7 Å². The Kier molecular flexibility index (Phi) is 8.07. The first-order valence-electron chi connectivity index (χ1n) is 11.8. The number of hydrogen-bond donors (Lipinski definition) is 2. The summed E-state index contributed by atoms with van der Waals surface area (Å²) in [7, 11) is 0. The Morgan fingerprint density at radius 2 is 1.40 bits per heavy atom. The molecule has 3 rings (SSSR count). The Labute approximate surface area is 206 Å². The highest BCUT2D eigenvalue weighted by Gasteiger charge is 2.33. The normalized spacial score (nSPS) is 12.5. The molecule has 6 heteroatoms. The molecule has 1 unspecified atom stereocenters. The fraction of sp³-hybridized carbons (Fsp3) is 0.276. The van der Waals surface area contributed by atoms with Gasteiger partial charge in [-0.1, -0.05) is 61.0 Å². The minimum atomic E-state index is -1.07. The molecule has 0 radical (unpaired) electrons. The maximum Gasteiger partial charge on any atom is 0.326 e. The van der Waals surface area contributed by atoms with Crippen molar-refractivity contribution in [2.75, 3.05) is 16.8 Å². The number of carbonyl (C=O) groups excluding carboxylic acids is 2. The molecule has 0 saturated carbocycles. The van der Waals surface area contributed by atoms with Gasteiger partial charge in [-0.05, 0) is 62.6 Å². The number of aryl methyl sites for hydroxylation is 1. The van der Waals surface area contributed by atoms with Crippen molar-refractivity contribution in [3.63, 3.8) is 0 Å². The zero-order valence-corrected chi connectivity index (χ0v) is 20.7. The molecule has 0 bridgehead atoms. The van der Waals surface area contributed by atoms with E-state index < -0.39 is 11.4 Å². The van der Waals surface area contributed by atoms with Crippen molar-refractivity contribution < 1.29 is 19.5 Å². The quantitative estimate of drug-likeness (QED) is 0.336. The zero-order chi connectivity index (χ0) is 25.6. The molecule has 3 aromatic carbocycles. The number of benzene rings is 3. The van der Waals surface area contributed by atoms with Gasteiger partial charge in [0.05, 0.1) is 5.41 Å². The number of rotatable bonds is 9. The molecule has 0 aliphatic heterocycles. The summed E-state index contributed by atoms with van der Waals surface area (Å²) in [6.07, 6.45) is 0.347. The van der Waals surface area contributed by atoms with Crippen LogP contribution in [0.4, 0.5) is 16.2 Å². The number of hydrogen-bond acceptors (Lipinski definition) is 3. The lowest BCUT2D eigenvalue weighted by molar-refractivity contribution is -0.148. The highest BCUT2D eigenvalue weighted by atomic mass is 16.4. The van der Waals surface area contributed by atoms with Crippen LogP contribution >= 0.6 is 0 Å². The number of carboxylic acids is 1. The van der Waals surface area contributed by atoms with Crippen molar-refractivity contribution in [3.05, 3.63) is 83.9 Å². The van der Waals surface area contributed by atoms with Gasteiger partial charge in [-0.3, -0.25) is 14.5 Å². The summed E-state index contributed by atoms with van der Waals surface area (Å²) in [4.78, 5) is 38.6. The molecule has 0 fully saturated rings. The monoisotopic (exact) mass is 472 g/mol. The second-order valence-electron chi connectivity index (χ2n) is 8.98. The number of Topliss-reactive ketones (excluding diaryl/α,β-unsaturated/α-hetero) is 1. The van der Waals surface area contributed by atoms with E-state index in [9.17, 15) is 19.5 Å². The molecule has 1 atom stereocenters. The first-order chi connectivity index (χ1) is 16.7. The standard InChI is InChI=1S/C29H32N2O4/c1-5-29(4,27(33)34)19-26(32)23-11-9-21(10-12-23)22-13-15-24(16-14-22)30-28(35)31(6-2)25-17-7-20(3)8-18-25/h7-18H,5-6,19H2,1-4H3,(H,30,35)(H,33,34). The van der Waals surface area contributed by atoms with Gasteiger partial charge < -0.3 is 10.4 Å². The lowest BCUT2D eigenvalue weighted by atomic mass is 9.81. The number of amides is 2. The van der Waals surface area contributed by atoms with Crippen LogP contribution in [-0.2, 0) is 4.79 Å². The Morgan fingerprint density at radius 1 is 0.857 bits per heavy atom. The Balaban J connectivity index is 1.67. The average molecular weight is 473 g/mol. The van der Waals surface area contributed by atoms with Crippen LogP contribution < -0.4 is 10.2 Å². The van der Waals surface area contributed by atoms with E-state index in [2.05, 4.69) is 5.32 Å². The molecule has 2 N–H and O–H groups in total. The molecule has 3 aromatic rings. The molecule has 35 heavy (non-hydrogen) atoms. The predicted molar refractivity (Wildman–Crippen MR) is 140 cm³/mol. The second kappa shape index (κ2) is 11.0. The van der Waals surface area contributed by atoms with Gasteiger partial charge in [0.2, 0.25) is 0 Å². The fourth-order valence-corrected chi connectivity index (χ4v) is 3.76. The highest BCUT2D eigenvalue weighted by molar-refractivity contribution is 6.02. The Morgan fingerprint density at radius 3 is 1.89 bits per heavy atom. The van der Waals surface area contributed by atoms with Crippen LogP contribution in [0.3, 0.4) is 0 Å². The SMILES string of the molecule is CCN(C(=O)Nc1ccc(-c2ccc(C(=O)CC(C)(CC)C(=O)O)cc2)cc1)c1ccc(C)cc1. The smallest absolute Gasteiger partial charge is 0.326 e. The number of nitrogens with zero attached hydrogens (tertiary/aromatic N) is 1. The van der Waals surface area contributed by atoms with E-state index in [1.807, 2.05) is 74.5 Å². The van der Waals surface area contributed by atoms with Gasteiger partial charge in [0.25, 0.3) is 0 Å². The van der Waals surface area contributed by atoms with E-state index in [-0.39, 0.29) is 18.2 Å². The van der Waals surface area contributed by atoms with Crippen LogP contribution in [-0.4, -0.2) is 29.4 Å². The summed E-state index contributed by atoms with van der Waals surface area (Å²) in [6, 6.07) is 22.3. The Hall–Kier alpha value is -3.93. The van der Waals surface area contributed by atoms with Gasteiger partial charge in [-0.25, -0.2) is 4.79 Å². The van der Waals surface area contributed by atoms with Crippen molar-refractivity contribution in [1.82, 2.24) is 0 Å². The summed E-state index contributed by atoms with van der Waals surface area (Å²) >= 11 is 0. The molecule has 2 amide bonds. The van der Waals surface area contributed by atoms with Gasteiger partial charge in [-0.2, -0.15) is 0 Å². The molecular weight excluding hydrogens is 440 g/mol. The van der Waals surface area contributed by atoms with Crippen molar-refractivity contribution in [2.45, 2.75) is 40.5 Å². The third-order valence-electron chi connectivity index (χ3n) is 6.43. The third-order valence-corrected chi connectivity index (χ3v) is 6.43. The molecule has 0 aromatic heterocycles. The lowest BCUT2D eigenvalue weighted by Crippen LogP contribution is -2.34. The van der Waals surface area contributed by atoms with Crippen LogP contribution in [0.5, 0.6) is 0 Å². The molecule has 182 valence electrons.